The van der Waals surface area contributed by atoms with Gasteiger partial charge in [0.1, 0.15) is 0 Å². The molecule has 1 N–H and O–H groups in total. The van der Waals surface area contributed by atoms with E-state index in [1.165, 1.54) is 0 Å². The van der Waals surface area contributed by atoms with Crippen LogP contribution in [0.5, 0.6) is 0 Å². The van der Waals surface area contributed by atoms with Gasteiger partial charge in [-0.15, -0.1) is 0 Å². The van der Waals surface area contributed by atoms with Crippen molar-refractivity contribution in [3.8, 4) is 11.8 Å². The topological polar surface area (TPSA) is 53.4 Å². The quantitative estimate of drug-likeness (QED) is 0.834. The molecule has 1 saturated heterocycles. The maximum atomic E-state index is 12.4. The van der Waals surface area contributed by atoms with E-state index in [4.69, 9.17) is 5.11 Å². The number of aromatic nitrogens is 1. The Kier molecular flexibility index (Phi) is 4.41. The number of aliphatic hydroxyl groups excluding tert-OH is 1. The van der Waals surface area contributed by atoms with Crippen LogP contribution < -0.4 is 0 Å². The monoisotopic (exact) mass is 272 g/mol. The number of carbonyl (C=O) groups excluding carboxylic acids is 1. The van der Waals surface area contributed by atoms with E-state index in [0.29, 0.717) is 17.5 Å². The van der Waals surface area contributed by atoms with Crippen molar-refractivity contribution in [3.05, 3.63) is 29.6 Å². The molecule has 0 aliphatic carbocycles. The highest BCUT2D eigenvalue weighted by atomic mass is 16.2. The normalized spacial score (nSPS) is 16.6. The van der Waals surface area contributed by atoms with Crippen LogP contribution in [0.3, 0.4) is 0 Å². The Labute approximate surface area is 119 Å². The molecule has 1 aromatic heterocycles. The van der Waals surface area contributed by atoms with Gasteiger partial charge in [-0.2, -0.15) is 0 Å². The fourth-order valence-electron chi connectivity index (χ4n) is 2.31. The number of likely N-dealkylation sites (tertiary alicyclic amines) is 1. The van der Waals surface area contributed by atoms with Crippen molar-refractivity contribution < 1.29 is 9.90 Å². The summed E-state index contributed by atoms with van der Waals surface area (Å²) in [6.45, 7) is 5.98. The summed E-state index contributed by atoms with van der Waals surface area (Å²) in [6.07, 6.45) is 4.68. The van der Waals surface area contributed by atoms with Gasteiger partial charge in [0, 0.05) is 37.5 Å². The van der Waals surface area contributed by atoms with Crippen LogP contribution in [0.15, 0.2) is 18.5 Å². The predicted molar refractivity (Wildman–Crippen MR) is 77.1 cm³/mol. The van der Waals surface area contributed by atoms with Crippen LogP contribution in [0, 0.1) is 17.3 Å². The number of aliphatic hydroxyl groups is 1. The van der Waals surface area contributed by atoms with Gasteiger partial charge in [-0.3, -0.25) is 9.78 Å². The van der Waals surface area contributed by atoms with Gasteiger partial charge in [0.2, 0.25) is 0 Å². The summed E-state index contributed by atoms with van der Waals surface area (Å²) in [5, 5.41) is 8.70. The van der Waals surface area contributed by atoms with Crippen LogP contribution >= 0.6 is 0 Å². The van der Waals surface area contributed by atoms with Gasteiger partial charge in [-0.25, -0.2) is 0 Å². The molecule has 0 spiro atoms. The van der Waals surface area contributed by atoms with E-state index in [-0.39, 0.29) is 17.9 Å². The smallest absolute Gasteiger partial charge is 0.255 e. The second-order valence-corrected chi connectivity index (χ2v) is 5.88. The standard InChI is InChI=1S/C16H20N2O2/c1-16(2)6-7-18(12-16)15(20)14-9-13(10-17-11-14)5-3-4-8-19/h9-11,19H,4,6-8,12H2,1-2H3. The fraction of sp³-hybridized carbons (Fsp3) is 0.500. The number of hydrogen-bond acceptors (Lipinski definition) is 3. The lowest BCUT2D eigenvalue weighted by Gasteiger charge is -2.19. The largest absolute Gasteiger partial charge is 0.395 e. The number of amides is 1. The highest BCUT2D eigenvalue weighted by molar-refractivity contribution is 5.94. The average molecular weight is 272 g/mol. The van der Waals surface area contributed by atoms with E-state index in [2.05, 4.69) is 30.7 Å². The minimum atomic E-state index is 0.0221. The van der Waals surface area contributed by atoms with Gasteiger partial charge in [0.15, 0.2) is 0 Å². The first kappa shape index (κ1) is 14.5. The molecule has 0 bridgehead atoms. The van der Waals surface area contributed by atoms with E-state index in [0.717, 1.165) is 19.5 Å². The van der Waals surface area contributed by atoms with Crippen LogP contribution in [0.25, 0.3) is 0 Å². The van der Waals surface area contributed by atoms with E-state index < -0.39 is 0 Å². The zero-order valence-electron chi connectivity index (χ0n) is 12.0. The van der Waals surface area contributed by atoms with Crippen LogP contribution in [-0.2, 0) is 0 Å². The highest BCUT2D eigenvalue weighted by Gasteiger charge is 2.32. The van der Waals surface area contributed by atoms with Crippen molar-refractivity contribution in [2.24, 2.45) is 5.41 Å². The molecule has 0 atom stereocenters. The molecule has 1 aliphatic rings. The SMILES string of the molecule is CC1(C)CCN(C(=O)c2cncc(C#CCCO)c2)C1. The van der Waals surface area contributed by atoms with Gasteiger partial charge in [-0.05, 0) is 17.9 Å². The maximum absolute atomic E-state index is 12.4. The summed E-state index contributed by atoms with van der Waals surface area (Å²) in [6, 6.07) is 1.77. The molecule has 1 fully saturated rings. The number of rotatable bonds is 2. The van der Waals surface area contributed by atoms with Crippen molar-refractivity contribution in [2.75, 3.05) is 19.7 Å². The lowest BCUT2D eigenvalue weighted by molar-refractivity contribution is 0.0778. The Morgan fingerprint density at radius 2 is 2.30 bits per heavy atom. The molecule has 20 heavy (non-hydrogen) atoms. The van der Waals surface area contributed by atoms with E-state index in [1.807, 2.05) is 4.90 Å². The Bertz CT molecular complexity index is 555. The molecule has 2 heterocycles. The Balaban J connectivity index is 2.11. The third-order valence-corrected chi connectivity index (χ3v) is 3.42. The van der Waals surface area contributed by atoms with Crippen LogP contribution in [0.4, 0.5) is 0 Å². The van der Waals surface area contributed by atoms with E-state index >= 15 is 0 Å². The van der Waals surface area contributed by atoms with Gasteiger partial charge in [0.25, 0.3) is 5.91 Å². The number of nitrogens with zero attached hydrogens (tertiary/aromatic N) is 2. The number of carbonyl (C=O) groups is 1. The molecule has 0 unspecified atom stereocenters. The van der Waals surface area contributed by atoms with Crippen LogP contribution in [0.1, 0.15) is 42.6 Å². The third-order valence-electron chi connectivity index (χ3n) is 3.42. The maximum Gasteiger partial charge on any atom is 0.255 e. The van der Waals surface area contributed by atoms with E-state index in [1.54, 1.807) is 18.5 Å². The molecule has 1 aromatic rings. The summed E-state index contributed by atoms with van der Waals surface area (Å²) >= 11 is 0. The van der Waals surface area contributed by atoms with Gasteiger partial charge in [-0.1, -0.05) is 25.7 Å². The first-order valence-electron chi connectivity index (χ1n) is 6.86. The van der Waals surface area contributed by atoms with E-state index in [9.17, 15) is 4.79 Å². The summed E-state index contributed by atoms with van der Waals surface area (Å²) in [5.74, 6) is 5.76. The predicted octanol–water partition coefficient (Wildman–Crippen LogP) is 1.69. The molecular weight excluding hydrogens is 252 g/mol. The summed E-state index contributed by atoms with van der Waals surface area (Å²) in [4.78, 5) is 18.4. The molecule has 1 amide bonds. The second kappa shape index (κ2) is 6.06. The second-order valence-electron chi connectivity index (χ2n) is 5.88. The summed E-state index contributed by atoms with van der Waals surface area (Å²) in [7, 11) is 0. The molecule has 4 heteroatoms. The highest BCUT2D eigenvalue weighted by Crippen LogP contribution is 2.29. The van der Waals surface area contributed by atoms with Crippen LogP contribution in [-0.4, -0.2) is 40.6 Å². The minimum absolute atomic E-state index is 0.0221. The molecule has 106 valence electrons. The Morgan fingerprint density at radius 1 is 1.50 bits per heavy atom. The van der Waals surface area contributed by atoms with Crippen molar-refractivity contribution in [1.82, 2.24) is 9.88 Å². The number of hydrogen-bond donors (Lipinski definition) is 1. The van der Waals surface area contributed by atoms with Crippen LogP contribution in [0.2, 0.25) is 0 Å². The molecule has 2 rings (SSSR count). The van der Waals surface area contributed by atoms with Crippen molar-refractivity contribution in [2.45, 2.75) is 26.7 Å². The van der Waals surface area contributed by atoms with Gasteiger partial charge in [0.05, 0.1) is 12.2 Å². The molecule has 0 radical (unpaired) electrons. The first-order chi connectivity index (χ1) is 9.52. The molecule has 1 aliphatic heterocycles. The fourth-order valence-corrected chi connectivity index (χ4v) is 2.31. The molecule has 0 saturated carbocycles. The summed E-state index contributed by atoms with van der Waals surface area (Å²) < 4.78 is 0. The van der Waals surface area contributed by atoms with Gasteiger partial charge >= 0.3 is 0 Å². The molecule has 4 nitrogen and oxygen atoms in total. The average Bonchev–Trinajstić information content (AvgIpc) is 2.79. The lowest BCUT2D eigenvalue weighted by atomic mass is 9.93. The lowest BCUT2D eigenvalue weighted by Crippen LogP contribution is -2.30. The minimum Gasteiger partial charge on any atom is -0.395 e. The zero-order chi connectivity index (χ0) is 14.6. The van der Waals surface area contributed by atoms with Crippen molar-refractivity contribution in [3.63, 3.8) is 0 Å². The summed E-state index contributed by atoms with van der Waals surface area (Å²) in [5.41, 5.74) is 1.49. The first-order valence-corrected chi connectivity index (χ1v) is 6.86. The number of pyridine rings is 1. The molecular formula is C16H20N2O2. The Hall–Kier alpha value is -1.86. The zero-order valence-corrected chi connectivity index (χ0v) is 12.0. The Morgan fingerprint density at radius 3 is 2.95 bits per heavy atom. The third kappa shape index (κ3) is 3.58. The van der Waals surface area contributed by atoms with Gasteiger partial charge < -0.3 is 10.0 Å². The molecule has 0 aromatic carbocycles. The van der Waals surface area contributed by atoms with Crippen molar-refractivity contribution in [1.29, 1.82) is 0 Å². The van der Waals surface area contributed by atoms with Crippen molar-refractivity contribution >= 4 is 5.91 Å².